The van der Waals surface area contributed by atoms with Crippen molar-refractivity contribution in [2.45, 2.75) is 31.1 Å². The highest BCUT2D eigenvalue weighted by atomic mass is 35.5. The standard InChI is InChI=1S/C14H14Cl2O/c1-8-11(3-4-12(8)16)14-7-9-6-10(15)2-5-13(9)17-14/h2,5-8,11-12H,3-4H2,1H3. The Balaban J connectivity index is 2.01. The molecule has 0 saturated heterocycles. The molecule has 1 fully saturated rings. The third kappa shape index (κ3) is 1.96. The van der Waals surface area contributed by atoms with Crippen molar-refractivity contribution in [3.05, 3.63) is 35.0 Å². The lowest BCUT2D eigenvalue weighted by molar-refractivity contribution is 0.434. The molecule has 1 heterocycles. The molecule has 90 valence electrons. The van der Waals surface area contributed by atoms with Crippen LogP contribution in [0.15, 0.2) is 28.7 Å². The summed E-state index contributed by atoms with van der Waals surface area (Å²) in [4.78, 5) is 0. The summed E-state index contributed by atoms with van der Waals surface area (Å²) in [6.07, 6.45) is 2.19. The predicted molar refractivity (Wildman–Crippen MR) is 72.0 cm³/mol. The van der Waals surface area contributed by atoms with Crippen LogP contribution in [0.4, 0.5) is 0 Å². The SMILES string of the molecule is CC1C(Cl)CCC1c1cc2cc(Cl)ccc2o1. The first kappa shape index (κ1) is 11.4. The zero-order valence-corrected chi connectivity index (χ0v) is 11.1. The van der Waals surface area contributed by atoms with Gasteiger partial charge in [-0.1, -0.05) is 18.5 Å². The summed E-state index contributed by atoms with van der Waals surface area (Å²) >= 11 is 12.2. The Morgan fingerprint density at radius 2 is 2.06 bits per heavy atom. The Hall–Kier alpha value is -0.660. The molecule has 1 nitrogen and oxygen atoms in total. The van der Waals surface area contributed by atoms with Crippen LogP contribution in [0.5, 0.6) is 0 Å². The third-order valence-electron chi connectivity index (χ3n) is 3.82. The van der Waals surface area contributed by atoms with Crippen LogP contribution in [-0.2, 0) is 0 Å². The topological polar surface area (TPSA) is 13.1 Å². The van der Waals surface area contributed by atoms with Crippen LogP contribution < -0.4 is 0 Å². The average molecular weight is 269 g/mol. The molecule has 1 aromatic carbocycles. The molecule has 1 aromatic heterocycles. The maximum absolute atomic E-state index is 6.27. The van der Waals surface area contributed by atoms with Crippen molar-refractivity contribution in [1.82, 2.24) is 0 Å². The number of hydrogen-bond donors (Lipinski definition) is 0. The van der Waals surface area contributed by atoms with E-state index in [-0.39, 0.29) is 5.38 Å². The van der Waals surface area contributed by atoms with E-state index in [0.717, 1.165) is 34.6 Å². The summed E-state index contributed by atoms with van der Waals surface area (Å²) in [7, 11) is 0. The first-order chi connectivity index (χ1) is 8.15. The Labute approximate surface area is 111 Å². The van der Waals surface area contributed by atoms with E-state index in [4.69, 9.17) is 27.6 Å². The monoisotopic (exact) mass is 268 g/mol. The maximum Gasteiger partial charge on any atom is 0.134 e. The molecule has 2 aromatic rings. The van der Waals surface area contributed by atoms with E-state index in [1.54, 1.807) is 0 Å². The van der Waals surface area contributed by atoms with Crippen LogP contribution in [0.3, 0.4) is 0 Å². The Kier molecular flexibility index (Phi) is 2.84. The zero-order chi connectivity index (χ0) is 12.0. The smallest absolute Gasteiger partial charge is 0.134 e. The lowest BCUT2D eigenvalue weighted by Gasteiger charge is -2.14. The number of halogens is 2. The van der Waals surface area contributed by atoms with Crippen LogP contribution >= 0.6 is 23.2 Å². The highest BCUT2D eigenvalue weighted by Crippen LogP contribution is 2.43. The van der Waals surface area contributed by atoms with Gasteiger partial charge in [0.15, 0.2) is 0 Å². The molecule has 1 aliphatic carbocycles. The molecule has 1 aliphatic rings. The molecular weight excluding hydrogens is 255 g/mol. The first-order valence-corrected chi connectivity index (χ1v) is 6.79. The molecular formula is C14H14Cl2O. The summed E-state index contributed by atoms with van der Waals surface area (Å²) in [6.45, 7) is 2.20. The fourth-order valence-electron chi connectivity index (χ4n) is 2.74. The van der Waals surface area contributed by atoms with Gasteiger partial charge in [-0.2, -0.15) is 0 Å². The van der Waals surface area contributed by atoms with Crippen LogP contribution in [-0.4, -0.2) is 5.38 Å². The minimum Gasteiger partial charge on any atom is -0.461 e. The normalized spacial score (nSPS) is 29.0. The molecule has 0 spiro atoms. The largest absolute Gasteiger partial charge is 0.461 e. The van der Waals surface area contributed by atoms with Crippen molar-refractivity contribution in [3.8, 4) is 0 Å². The predicted octanol–water partition coefficient (Wildman–Crippen LogP) is 5.21. The lowest BCUT2D eigenvalue weighted by atomic mass is 9.95. The summed E-state index contributed by atoms with van der Waals surface area (Å²) < 4.78 is 5.91. The molecule has 0 radical (unpaired) electrons. The number of furan rings is 1. The van der Waals surface area contributed by atoms with Gasteiger partial charge in [0.2, 0.25) is 0 Å². The molecule has 0 aliphatic heterocycles. The van der Waals surface area contributed by atoms with Gasteiger partial charge in [0, 0.05) is 21.7 Å². The minimum absolute atomic E-state index is 0.275. The molecule has 3 rings (SSSR count). The molecule has 0 amide bonds. The van der Waals surface area contributed by atoms with Gasteiger partial charge in [-0.3, -0.25) is 0 Å². The Morgan fingerprint density at radius 1 is 1.24 bits per heavy atom. The Morgan fingerprint density at radius 3 is 2.76 bits per heavy atom. The van der Waals surface area contributed by atoms with Gasteiger partial charge in [-0.05, 0) is 43.0 Å². The number of rotatable bonds is 1. The van der Waals surface area contributed by atoms with Crippen molar-refractivity contribution < 1.29 is 4.42 Å². The van der Waals surface area contributed by atoms with Crippen molar-refractivity contribution in [3.63, 3.8) is 0 Å². The number of benzene rings is 1. The second kappa shape index (κ2) is 4.22. The Bertz CT molecular complexity index is 546. The van der Waals surface area contributed by atoms with Gasteiger partial charge in [0.1, 0.15) is 11.3 Å². The quantitative estimate of drug-likeness (QED) is 0.648. The van der Waals surface area contributed by atoms with Crippen LogP contribution in [0.25, 0.3) is 11.0 Å². The van der Waals surface area contributed by atoms with Crippen molar-refractivity contribution in [2.75, 3.05) is 0 Å². The fourth-order valence-corrected chi connectivity index (χ4v) is 3.22. The molecule has 3 atom stereocenters. The number of hydrogen-bond acceptors (Lipinski definition) is 1. The third-order valence-corrected chi connectivity index (χ3v) is 4.67. The van der Waals surface area contributed by atoms with Gasteiger partial charge in [0.25, 0.3) is 0 Å². The van der Waals surface area contributed by atoms with E-state index >= 15 is 0 Å². The second-order valence-corrected chi connectivity index (χ2v) is 5.89. The molecule has 3 unspecified atom stereocenters. The van der Waals surface area contributed by atoms with Crippen LogP contribution in [0.1, 0.15) is 31.4 Å². The summed E-state index contributed by atoms with van der Waals surface area (Å²) in [5, 5.41) is 2.11. The molecule has 0 N–H and O–H groups in total. The van der Waals surface area contributed by atoms with Crippen LogP contribution in [0.2, 0.25) is 5.02 Å². The fraction of sp³-hybridized carbons (Fsp3) is 0.429. The highest BCUT2D eigenvalue weighted by molar-refractivity contribution is 6.31. The number of alkyl halides is 1. The summed E-state index contributed by atoms with van der Waals surface area (Å²) in [5.74, 6) is 1.98. The average Bonchev–Trinajstić information content (AvgIpc) is 2.83. The van der Waals surface area contributed by atoms with Gasteiger partial charge in [0.05, 0.1) is 0 Å². The van der Waals surface area contributed by atoms with Gasteiger partial charge >= 0.3 is 0 Å². The molecule has 3 heteroatoms. The first-order valence-electron chi connectivity index (χ1n) is 5.98. The van der Waals surface area contributed by atoms with E-state index in [9.17, 15) is 0 Å². The van der Waals surface area contributed by atoms with Crippen LogP contribution in [0, 0.1) is 5.92 Å². The van der Waals surface area contributed by atoms with Crippen molar-refractivity contribution >= 4 is 34.2 Å². The van der Waals surface area contributed by atoms with Gasteiger partial charge in [-0.15, -0.1) is 11.6 Å². The van der Waals surface area contributed by atoms with Gasteiger partial charge in [-0.25, -0.2) is 0 Å². The zero-order valence-electron chi connectivity index (χ0n) is 9.62. The lowest BCUT2D eigenvalue weighted by Crippen LogP contribution is -2.08. The molecule has 1 saturated carbocycles. The van der Waals surface area contributed by atoms with Gasteiger partial charge < -0.3 is 4.42 Å². The van der Waals surface area contributed by atoms with E-state index in [1.165, 1.54) is 0 Å². The second-order valence-electron chi connectivity index (χ2n) is 4.89. The highest BCUT2D eigenvalue weighted by Gasteiger charge is 2.34. The van der Waals surface area contributed by atoms with E-state index in [2.05, 4.69) is 13.0 Å². The summed E-state index contributed by atoms with van der Waals surface area (Å²) in [5.41, 5.74) is 0.912. The molecule has 0 bridgehead atoms. The van der Waals surface area contributed by atoms with E-state index in [0.29, 0.717) is 11.8 Å². The van der Waals surface area contributed by atoms with E-state index in [1.807, 2.05) is 18.2 Å². The number of fused-ring (bicyclic) bond motifs is 1. The maximum atomic E-state index is 6.27. The summed E-state index contributed by atoms with van der Waals surface area (Å²) in [6, 6.07) is 7.84. The van der Waals surface area contributed by atoms with Crippen molar-refractivity contribution in [1.29, 1.82) is 0 Å². The molecule has 17 heavy (non-hydrogen) atoms. The minimum atomic E-state index is 0.275. The van der Waals surface area contributed by atoms with E-state index < -0.39 is 0 Å². The van der Waals surface area contributed by atoms with Crippen molar-refractivity contribution in [2.24, 2.45) is 5.92 Å².